The Hall–Kier alpha value is -1.91. The standard InChI is InChI=1S/C17H14N2S2/c1-20-14-7-5-13(6-8-14)19-12-15-9-10-17(21-15)16-4-2-3-11-18-16/h2-12H,1H3. The third kappa shape index (κ3) is 3.60. The van der Waals surface area contributed by atoms with Gasteiger partial charge in [-0.1, -0.05) is 6.07 Å². The molecule has 0 spiro atoms. The van der Waals surface area contributed by atoms with Crippen molar-refractivity contribution in [3.63, 3.8) is 0 Å². The number of aliphatic imine (C=N–C) groups is 1. The molecule has 0 N–H and O–H groups in total. The summed E-state index contributed by atoms with van der Waals surface area (Å²) in [5.41, 5.74) is 1.98. The molecule has 0 aliphatic carbocycles. The van der Waals surface area contributed by atoms with Gasteiger partial charge in [0.2, 0.25) is 0 Å². The first-order valence-electron chi connectivity index (χ1n) is 6.54. The van der Waals surface area contributed by atoms with Gasteiger partial charge < -0.3 is 0 Å². The summed E-state index contributed by atoms with van der Waals surface area (Å²) in [7, 11) is 0. The maximum atomic E-state index is 4.51. The summed E-state index contributed by atoms with van der Waals surface area (Å²) in [5.74, 6) is 0. The number of thiophene rings is 1. The van der Waals surface area contributed by atoms with Gasteiger partial charge in [-0.05, 0) is 54.8 Å². The first-order chi connectivity index (χ1) is 10.3. The van der Waals surface area contributed by atoms with Crippen molar-refractivity contribution in [3.8, 4) is 10.6 Å². The van der Waals surface area contributed by atoms with E-state index in [9.17, 15) is 0 Å². The number of hydrogen-bond acceptors (Lipinski definition) is 4. The molecule has 0 fully saturated rings. The monoisotopic (exact) mass is 310 g/mol. The van der Waals surface area contributed by atoms with E-state index < -0.39 is 0 Å². The summed E-state index contributed by atoms with van der Waals surface area (Å²) in [6.07, 6.45) is 5.80. The molecule has 0 saturated carbocycles. The van der Waals surface area contributed by atoms with Gasteiger partial charge >= 0.3 is 0 Å². The Labute approximate surface area is 132 Å². The largest absolute Gasteiger partial charge is 0.255 e. The molecule has 0 atom stereocenters. The molecule has 104 valence electrons. The Bertz CT molecular complexity index is 731. The van der Waals surface area contributed by atoms with Crippen LogP contribution in [0.1, 0.15) is 4.88 Å². The van der Waals surface area contributed by atoms with E-state index >= 15 is 0 Å². The van der Waals surface area contributed by atoms with E-state index in [2.05, 4.69) is 40.5 Å². The van der Waals surface area contributed by atoms with Crippen LogP contribution >= 0.6 is 23.1 Å². The van der Waals surface area contributed by atoms with Gasteiger partial charge in [-0.15, -0.1) is 23.1 Å². The topological polar surface area (TPSA) is 25.2 Å². The van der Waals surface area contributed by atoms with Crippen molar-refractivity contribution >= 4 is 35.0 Å². The highest BCUT2D eigenvalue weighted by Gasteiger charge is 2.01. The quantitative estimate of drug-likeness (QED) is 0.483. The van der Waals surface area contributed by atoms with E-state index in [1.807, 2.05) is 42.7 Å². The lowest BCUT2D eigenvalue weighted by molar-refractivity contribution is 1.34. The molecule has 0 saturated heterocycles. The van der Waals surface area contributed by atoms with E-state index in [0.29, 0.717) is 0 Å². The number of benzene rings is 1. The molecule has 21 heavy (non-hydrogen) atoms. The van der Waals surface area contributed by atoms with E-state index in [0.717, 1.165) is 21.1 Å². The van der Waals surface area contributed by atoms with Crippen LogP contribution in [0.15, 0.2) is 70.7 Å². The zero-order chi connectivity index (χ0) is 14.5. The summed E-state index contributed by atoms with van der Waals surface area (Å²) in [6.45, 7) is 0. The van der Waals surface area contributed by atoms with Crippen LogP contribution in [0.3, 0.4) is 0 Å². The Morgan fingerprint density at radius 1 is 1.05 bits per heavy atom. The minimum Gasteiger partial charge on any atom is -0.255 e. The van der Waals surface area contributed by atoms with Crippen LogP contribution in [0.2, 0.25) is 0 Å². The molecular weight excluding hydrogens is 296 g/mol. The van der Waals surface area contributed by atoms with Gasteiger partial charge in [-0.2, -0.15) is 0 Å². The van der Waals surface area contributed by atoms with Gasteiger partial charge in [-0.3, -0.25) is 9.98 Å². The van der Waals surface area contributed by atoms with Gasteiger partial charge in [0.05, 0.1) is 16.3 Å². The fourth-order valence-corrected chi connectivity index (χ4v) is 3.14. The molecule has 3 aromatic rings. The van der Waals surface area contributed by atoms with Crippen molar-refractivity contribution in [3.05, 3.63) is 65.7 Å². The first-order valence-corrected chi connectivity index (χ1v) is 8.58. The fraction of sp³-hybridized carbons (Fsp3) is 0.0588. The highest BCUT2D eigenvalue weighted by atomic mass is 32.2. The first kappa shape index (κ1) is 14.0. The SMILES string of the molecule is CSc1ccc(N=Cc2ccc(-c3ccccn3)s2)cc1. The van der Waals surface area contributed by atoms with Crippen LogP contribution in [-0.2, 0) is 0 Å². The Morgan fingerprint density at radius 2 is 1.90 bits per heavy atom. The molecule has 2 nitrogen and oxygen atoms in total. The maximum absolute atomic E-state index is 4.51. The molecule has 4 heteroatoms. The Morgan fingerprint density at radius 3 is 2.62 bits per heavy atom. The van der Waals surface area contributed by atoms with Crippen LogP contribution in [0.25, 0.3) is 10.6 Å². The van der Waals surface area contributed by atoms with Gasteiger partial charge in [0.1, 0.15) is 0 Å². The second-order valence-corrected chi connectivity index (χ2v) is 6.37. The zero-order valence-corrected chi connectivity index (χ0v) is 13.2. The van der Waals surface area contributed by atoms with Crippen molar-refractivity contribution < 1.29 is 0 Å². The van der Waals surface area contributed by atoms with Crippen LogP contribution < -0.4 is 0 Å². The van der Waals surface area contributed by atoms with E-state index in [1.165, 1.54) is 4.90 Å². The number of rotatable bonds is 4. The van der Waals surface area contributed by atoms with Crippen molar-refractivity contribution in [2.45, 2.75) is 4.90 Å². The molecule has 0 radical (unpaired) electrons. The van der Waals surface area contributed by atoms with Crippen LogP contribution in [0, 0.1) is 0 Å². The molecule has 0 aliphatic heterocycles. The molecular formula is C17H14N2S2. The minimum absolute atomic E-state index is 0.973. The average molecular weight is 310 g/mol. The zero-order valence-electron chi connectivity index (χ0n) is 11.6. The van der Waals surface area contributed by atoms with Crippen LogP contribution in [0.4, 0.5) is 5.69 Å². The average Bonchev–Trinajstić information content (AvgIpc) is 3.03. The van der Waals surface area contributed by atoms with Gasteiger partial charge in [0, 0.05) is 22.2 Å². The minimum atomic E-state index is 0.973. The molecule has 0 unspecified atom stereocenters. The molecule has 2 aromatic heterocycles. The Balaban J connectivity index is 1.76. The van der Waals surface area contributed by atoms with Gasteiger partial charge in [0.15, 0.2) is 0 Å². The maximum Gasteiger partial charge on any atom is 0.0801 e. The number of aromatic nitrogens is 1. The number of pyridine rings is 1. The molecule has 0 aliphatic rings. The Kier molecular flexibility index (Phi) is 4.48. The van der Waals surface area contributed by atoms with Crippen molar-refractivity contribution in [1.82, 2.24) is 4.98 Å². The lowest BCUT2D eigenvalue weighted by Crippen LogP contribution is -1.75. The molecule has 0 bridgehead atoms. The fourth-order valence-electron chi connectivity index (χ4n) is 1.87. The van der Waals surface area contributed by atoms with Gasteiger partial charge in [0.25, 0.3) is 0 Å². The lowest BCUT2D eigenvalue weighted by Gasteiger charge is -1.96. The highest BCUT2D eigenvalue weighted by molar-refractivity contribution is 7.98. The molecule has 1 aromatic carbocycles. The summed E-state index contributed by atoms with van der Waals surface area (Å²) in [6, 6.07) is 18.4. The normalized spacial score (nSPS) is 11.1. The predicted octanol–water partition coefficient (Wildman–Crippen LogP) is 5.28. The van der Waals surface area contributed by atoms with Crippen molar-refractivity contribution in [2.24, 2.45) is 4.99 Å². The number of hydrogen-bond donors (Lipinski definition) is 0. The molecule has 2 heterocycles. The summed E-state index contributed by atoms with van der Waals surface area (Å²) >= 11 is 3.43. The van der Waals surface area contributed by atoms with Gasteiger partial charge in [-0.25, -0.2) is 0 Å². The smallest absolute Gasteiger partial charge is 0.0801 e. The lowest BCUT2D eigenvalue weighted by atomic mass is 10.3. The number of thioether (sulfide) groups is 1. The van der Waals surface area contributed by atoms with E-state index in [4.69, 9.17) is 0 Å². The van der Waals surface area contributed by atoms with Crippen LogP contribution in [-0.4, -0.2) is 17.5 Å². The van der Waals surface area contributed by atoms with E-state index in [-0.39, 0.29) is 0 Å². The molecule has 3 rings (SSSR count). The highest BCUT2D eigenvalue weighted by Crippen LogP contribution is 2.26. The number of nitrogens with zero attached hydrogens (tertiary/aromatic N) is 2. The third-order valence-electron chi connectivity index (χ3n) is 2.96. The second kappa shape index (κ2) is 6.70. The third-order valence-corrected chi connectivity index (χ3v) is 4.74. The van der Waals surface area contributed by atoms with Crippen molar-refractivity contribution in [2.75, 3.05) is 6.26 Å². The molecule has 0 amide bonds. The summed E-state index contributed by atoms with van der Waals surface area (Å²) in [5, 5.41) is 0. The predicted molar refractivity (Wildman–Crippen MR) is 93.0 cm³/mol. The van der Waals surface area contributed by atoms with Crippen LogP contribution in [0.5, 0.6) is 0 Å². The summed E-state index contributed by atoms with van der Waals surface area (Å²) in [4.78, 5) is 12.4. The van der Waals surface area contributed by atoms with E-state index in [1.54, 1.807) is 23.1 Å². The van der Waals surface area contributed by atoms with Crippen molar-refractivity contribution in [1.29, 1.82) is 0 Å². The summed E-state index contributed by atoms with van der Waals surface area (Å²) < 4.78 is 0. The second-order valence-electron chi connectivity index (χ2n) is 4.37.